The van der Waals surface area contributed by atoms with Gasteiger partial charge in [-0.1, -0.05) is 39.4 Å². The number of thiazole rings is 1. The third-order valence-corrected chi connectivity index (χ3v) is 4.18. The number of Topliss-reactive ketones (excluding diaryl/α,β-unsaturated/α-hetero) is 1. The lowest BCUT2D eigenvalue weighted by molar-refractivity contribution is 0.101. The van der Waals surface area contributed by atoms with Gasteiger partial charge in [-0.15, -0.1) is 0 Å². The minimum atomic E-state index is -0.00525. The smallest absolute Gasteiger partial charge is 0.186 e. The summed E-state index contributed by atoms with van der Waals surface area (Å²) >= 11 is 4.98. The van der Waals surface area contributed by atoms with Crippen LogP contribution in [0, 0.1) is 0 Å². The van der Waals surface area contributed by atoms with Crippen LogP contribution < -0.4 is 4.90 Å². The lowest BCUT2D eigenvalue weighted by Crippen LogP contribution is -2.08. The average Bonchev–Trinajstić information content (AvgIpc) is 2.73. The van der Waals surface area contributed by atoms with Gasteiger partial charge in [-0.05, 0) is 17.7 Å². The minimum Gasteiger partial charge on any atom is -0.354 e. The lowest BCUT2D eigenvalue weighted by Gasteiger charge is -2.05. The van der Waals surface area contributed by atoms with Gasteiger partial charge in [-0.2, -0.15) is 0 Å². The van der Waals surface area contributed by atoms with Crippen LogP contribution >= 0.6 is 27.3 Å². The van der Waals surface area contributed by atoms with Crippen molar-refractivity contribution < 1.29 is 4.79 Å². The fourth-order valence-electron chi connectivity index (χ4n) is 1.56. The van der Waals surface area contributed by atoms with Gasteiger partial charge >= 0.3 is 0 Å². The number of anilines is 1. The normalized spacial score (nSPS) is 10.4. The summed E-state index contributed by atoms with van der Waals surface area (Å²) in [6.45, 7) is 1.55. The lowest BCUT2D eigenvalue weighted by atomic mass is 10.1. The van der Waals surface area contributed by atoms with Gasteiger partial charge in [0.15, 0.2) is 10.9 Å². The second-order valence-corrected chi connectivity index (χ2v) is 6.03. The number of nitrogens with zero attached hydrogens (tertiary/aromatic N) is 2. The predicted molar refractivity (Wildman–Crippen MR) is 79.6 cm³/mol. The quantitative estimate of drug-likeness (QED) is 0.804. The summed E-state index contributed by atoms with van der Waals surface area (Å²) in [5, 5.41) is 0.843. The van der Waals surface area contributed by atoms with Gasteiger partial charge in [0.2, 0.25) is 0 Å². The third-order valence-electron chi connectivity index (χ3n) is 2.42. The number of hydrogen-bond acceptors (Lipinski definition) is 4. The molecule has 5 heteroatoms. The third kappa shape index (κ3) is 2.62. The summed E-state index contributed by atoms with van der Waals surface area (Å²) in [6.07, 6.45) is 0. The standard InChI is InChI=1S/C13H13BrN2OS/c1-8(17)11-12(18-13(15-11)16(2)3)9-5-4-6-10(14)7-9/h4-7H,1-3H3. The zero-order valence-electron chi connectivity index (χ0n) is 10.4. The zero-order valence-corrected chi connectivity index (χ0v) is 12.8. The predicted octanol–water partition coefficient (Wildman–Crippen LogP) is 3.84. The minimum absolute atomic E-state index is 0.00525. The summed E-state index contributed by atoms with van der Waals surface area (Å²) < 4.78 is 0.995. The Morgan fingerprint density at radius 1 is 1.39 bits per heavy atom. The molecule has 1 aromatic heterocycles. The van der Waals surface area contributed by atoms with Crippen LogP contribution in [0.15, 0.2) is 28.7 Å². The van der Waals surface area contributed by atoms with Crippen LogP contribution in [0.4, 0.5) is 5.13 Å². The van der Waals surface area contributed by atoms with Crippen LogP contribution in [0.2, 0.25) is 0 Å². The molecule has 1 aromatic carbocycles. The van der Waals surface area contributed by atoms with Crippen molar-refractivity contribution in [1.82, 2.24) is 4.98 Å². The van der Waals surface area contributed by atoms with Gasteiger partial charge in [0.05, 0.1) is 4.88 Å². The number of rotatable bonds is 3. The number of ketones is 1. The van der Waals surface area contributed by atoms with Crippen molar-refractivity contribution in [3.05, 3.63) is 34.4 Å². The molecular weight excluding hydrogens is 312 g/mol. The fraction of sp³-hybridized carbons (Fsp3) is 0.231. The molecule has 0 aliphatic heterocycles. The molecule has 0 unspecified atom stereocenters. The van der Waals surface area contributed by atoms with Crippen molar-refractivity contribution in [2.24, 2.45) is 0 Å². The number of aromatic nitrogens is 1. The van der Waals surface area contributed by atoms with E-state index in [2.05, 4.69) is 20.9 Å². The molecule has 18 heavy (non-hydrogen) atoms. The molecule has 0 radical (unpaired) electrons. The largest absolute Gasteiger partial charge is 0.354 e. The van der Waals surface area contributed by atoms with Crippen LogP contribution in [0.3, 0.4) is 0 Å². The maximum Gasteiger partial charge on any atom is 0.186 e. The highest BCUT2D eigenvalue weighted by atomic mass is 79.9. The molecule has 0 atom stereocenters. The molecule has 0 bridgehead atoms. The highest BCUT2D eigenvalue weighted by Crippen LogP contribution is 2.35. The van der Waals surface area contributed by atoms with Crippen LogP contribution in [0.1, 0.15) is 17.4 Å². The summed E-state index contributed by atoms with van der Waals surface area (Å²) in [5.41, 5.74) is 1.56. The molecule has 2 aromatic rings. The Morgan fingerprint density at radius 2 is 2.11 bits per heavy atom. The maximum absolute atomic E-state index is 11.7. The first-order valence-electron chi connectivity index (χ1n) is 5.44. The van der Waals surface area contributed by atoms with Crippen molar-refractivity contribution in [2.45, 2.75) is 6.92 Å². The Hall–Kier alpha value is -1.20. The van der Waals surface area contributed by atoms with Crippen molar-refractivity contribution in [3.63, 3.8) is 0 Å². The molecule has 0 amide bonds. The van der Waals surface area contributed by atoms with Gasteiger partial charge in [0, 0.05) is 25.5 Å². The summed E-state index contributed by atoms with van der Waals surface area (Å²) in [5.74, 6) is -0.00525. The van der Waals surface area contributed by atoms with E-state index >= 15 is 0 Å². The van der Waals surface area contributed by atoms with Gasteiger partial charge in [0.25, 0.3) is 0 Å². The van der Waals surface area contributed by atoms with E-state index in [9.17, 15) is 4.79 Å². The fourth-order valence-corrected chi connectivity index (χ4v) is 3.00. The molecule has 94 valence electrons. The van der Waals surface area contributed by atoms with Gasteiger partial charge in [-0.3, -0.25) is 4.79 Å². The van der Waals surface area contributed by atoms with E-state index in [0.717, 1.165) is 20.0 Å². The van der Waals surface area contributed by atoms with E-state index in [1.54, 1.807) is 6.92 Å². The topological polar surface area (TPSA) is 33.2 Å². The summed E-state index contributed by atoms with van der Waals surface area (Å²) in [7, 11) is 3.85. The highest BCUT2D eigenvalue weighted by Gasteiger charge is 2.17. The van der Waals surface area contributed by atoms with E-state index < -0.39 is 0 Å². The van der Waals surface area contributed by atoms with Gasteiger partial charge < -0.3 is 4.90 Å². The van der Waals surface area contributed by atoms with Crippen molar-refractivity contribution in [2.75, 3.05) is 19.0 Å². The number of benzene rings is 1. The first-order chi connectivity index (χ1) is 8.49. The Kier molecular flexibility index (Phi) is 3.82. The highest BCUT2D eigenvalue weighted by molar-refractivity contribution is 9.10. The van der Waals surface area contributed by atoms with E-state index in [4.69, 9.17) is 0 Å². The Morgan fingerprint density at radius 3 is 2.67 bits per heavy atom. The van der Waals surface area contributed by atoms with Crippen LogP contribution in [0.25, 0.3) is 10.4 Å². The molecule has 1 heterocycles. The second kappa shape index (κ2) is 5.20. The molecule has 0 fully saturated rings. The number of halogens is 1. The monoisotopic (exact) mass is 324 g/mol. The molecular formula is C13H13BrN2OS. The molecule has 0 saturated heterocycles. The Balaban J connectivity index is 2.58. The second-order valence-electron chi connectivity index (χ2n) is 4.14. The molecule has 0 saturated carbocycles. The first-order valence-corrected chi connectivity index (χ1v) is 7.05. The first kappa shape index (κ1) is 13.2. The zero-order chi connectivity index (χ0) is 13.3. The molecule has 0 aliphatic carbocycles. The van der Waals surface area contributed by atoms with Crippen molar-refractivity contribution in [1.29, 1.82) is 0 Å². The average molecular weight is 325 g/mol. The van der Waals surface area contributed by atoms with E-state index in [1.165, 1.54) is 11.3 Å². The van der Waals surface area contributed by atoms with Crippen LogP contribution in [0.5, 0.6) is 0 Å². The molecule has 3 nitrogen and oxygen atoms in total. The van der Waals surface area contributed by atoms with Crippen molar-refractivity contribution >= 4 is 38.2 Å². The van der Waals surface area contributed by atoms with Gasteiger partial charge in [-0.25, -0.2) is 4.98 Å². The SMILES string of the molecule is CC(=O)c1nc(N(C)C)sc1-c1cccc(Br)c1. The van der Waals surface area contributed by atoms with Crippen LogP contribution in [-0.2, 0) is 0 Å². The maximum atomic E-state index is 11.7. The molecule has 0 N–H and O–H groups in total. The summed E-state index contributed by atoms with van der Waals surface area (Å²) in [4.78, 5) is 18.9. The van der Waals surface area contributed by atoms with E-state index in [-0.39, 0.29) is 5.78 Å². The van der Waals surface area contributed by atoms with Crippen LogP contribution in [-0.4, -0.2) is 24.9 Å². The summed E-state index contributed by atoms with van der Waals surface area (Å²) in [6, 6.07) is 7.91. The Labute approximate surface area is 119 Å². The molecule has 0 spiro atoms. The van der Waals surface area contributed by atoms with E-state index in [0.29, 0.717) is 5.69 Å². The Bertz CT molecular complexity index is 592. The number of carbonyl (C=O) groups is 1. The molecule has 2 rings (SSSR count). The molecule has 0 aliphatic rings. The number of carbonyl (C=O) groups excluding carboxylic acids is 1. The van der Waals surface area contributed by atoms with Gasteiger partial charge in [0.1, 0.15) is 5.69 Å². The number of hydrogen-bond donors (Lipinski definition) is 0. The van der Waals surface area contributed by atoms with Crippen molar-refractivity contribution in [3.8, 4) is 10.4 Å². The van der Waals surface area contributed by atoms with E-state index in [1.807, 2.05) is 43.3 Å².